The van der Waals surface area contributed by atoms with Gasteiger partial charge < -0.3 is 11.1 Å². The van der Waals surface area contributed by atoms with Gasteiger partial charge in [-0.25, -0.2) is 4.98 Å². The Balaban J connectivity index is 1.62. The van der Waals surface area contributed by atoms with Crippen molar-refractivity contribution in [2.24, 2.45) is 0 Å². The largest absolute Gasteiger partial charge is 0.399 e. The number of hydrogen-bond acceptors (Lipinski definition) is 5. The van der Waals surface area contributed by atoms with Crippen LogP contribution in [0.4, 0.5) is 11.4 Å². The first kappa shape index (κ1) is 14.9. The van der Waals surface area contributed by atoms with E-state index in [1.807, 2.05) is 49.4 Å². The zero-order chi connectivity index (χ0) is 15.5. The summed E-state index contributed by atoms with van der Waals surface area (Å²) in [5.41, 5.74) is 9.35. The van der Waals surface area contributed by atoms with Gasteiger partial charge in [0.15, 0.2) is 4.34 Å². The highest BCUT2D eigenvalue weighted by atomic mass is 32.2. The van der Waals surface area contributed by atoms with Crippen LogP contribution in [0.15, 0.2) is 46.8 Å². The summed E-state index contributed by atoms with van der Waals surface area (Å²) in [6.07, 6.45) is 0. The summed E-state index contributed by atoms with van der Waals surface area (Å²) in [6.45, 7) is 2.00. The molecule has 1 aromatic heterocycles. The third-order valence-corrected chi connectivity index (χ3v) is 5.18. The third-order valence-electron chi connectivity index (χ3n) is 3.02. The quantitative estimate of drug-likeness (QED) is 0.562. The second-order valence-electron chi connectivity index (χ2n) is 4.91. The van der Waals surface area contributed by atoms with Crippen molar-refractivity contribution in [1.82, 2.24) is 4.98 Å². The van der Waals surface area contributed by atoms with Crippen molar-refractivity contribution in [1.29, 1.82) is 0 Å². The van der Waals surface area contributed by atoms with Crippen LogP contribution < -0.4 is 11.1 Å². The number of fused-ring (bicyclic) bond motifs is 1. The topological polar surface area (TPSA) is 68.0 Å². The number of nitrogen functional groups attached to an aromatic ring is 1. The fourth-order valence-corrected chi connectivity index (χ4v) is 3.95. The maximum absolute atomic E-state index is 12.0. The molecular weight excluding hydrogens is 314 g/mol. The van der Waals surface area contributed by atoms with E-state index in [4.69, 9.17) is 5.73 Å². The van der Waals surface area contributed by atoms with Gasteiger partial charge in [-0.2, -0.15) is 0 Å². The highest BCUT2D eigenvalue weighted by Crippen LogP contribution is 2.30. The van der Waals surface area contributed by atoms with Crippen LogP contribution in [0, 0.1) is 6.92 Å². The summed E-state index contributed by atoms with van der Waals surface area (Å²) in [4.78, 5) is 16.5. The van der Waals surface area contributed by atoms with Gasteiger partial charge in [-0.3, -0.25) is 4.79 Å². The zero-order valence-electron chi connectivity index (χ0n) is 12.0. The van der Waals surface area contributed by atoms with Crippen molar-refractivity contribution < 1.29 is 4.79 Å². The number of carbonyl (C=O) groups is 1. The van der Waals surface area contributed by atoms with E-state index >= 15 is 0 Å². The highest BCUT2D eigenvalue weighted by molar-refractivity contribution is 8.01. The molecule has 0 fully saturated rings. The Morgan fingerprint density at radius 1 is 1.32 bits per heavy atom. The lowest BCUT2D eigenvalue weighted by Gasteiger charge is -2.04. The number of thioether (sulfide) groups is 1. The molecule has 0 saturated heterocycles. The van der Waals surface area contributed by atoms with E-state index in [0.717, 1.165) is 31.5 Å². The standard InChI is InChI=1S/C16H15N3OS2/c1-10-3-2-4-12(7-10)18-15(20)9-21-16-19-13-6-5-11(17)8-14(13)22-16/h2-8H,9,17H2,1H3,(H,18,20). The molecule has 112 valence electrons. The maximum atomic E-state index is 12.0. The van der Waals surface area contributed by atoms with Crippen LogP contribution in [0.25, 0.3) is 10.2 Å². The number of aryl methyl sites for hydroxylation is 1. The molecule has 0 aliphatic rings. The Bertz CT molecular complexity index is 829. The van der Waals surface area contributed by atoms with Gasteiger partial charge in [0.2, 0.25) is 5.91 Å². The highest BCUT2D eigenvalue weighted by Gasteiger charge is 2.08. The lowest BCUT2D eigenvalue weighted by atomic mass is 10.2. The molecule has 3 N–H and O–H groups in total. The summed E-state index contributed by atoms with van der Waals surface area (Å²) in [6, 6.07) is 13.4. The Morgan fingerprint density at radius 3 is 3.00 bits per heavy atom. The van der Waals surface area contributed by atoms with E-state index in [-0.39, 0.29) is 5.91 Å². The zero-order valence-corrected chi connectivity index (χ0v) is 13.6. The van der Waals surface area contributed by atoms with Crippen LogP contribution in [0.5, 0.6) is 0 Å². The predicted molar refractivity (Wildman–Crippen MR) is 94.6 cm³/mol. The van der Waals surface area contributed by atoms with Crippen molar-refractivity contribution in [2.75, 3.05) is 16.8 Å². The van der Waals surface area contributed by atoms with Crippen LogP contribution in [0.2, 0.25) is 0 Å². The van der Waals surface area contributed by atoms with Crippen LogP contribution in [-0.2, 0) is 4.79 Å². The van der Waals surface area contributed by atoms with Crippen LogP contribution >= 0.6 is 23.1 Å². The average molecular weight is 329 g/mol. The molecule has 0 radical (unpaired) electrons. The molecule has 0 atom stereocenters. The second-order valence-corrected chi connectivity index (χ2v) is 7.17. The number of thiazole rings is 1. The Morgan fingerprint density at radius 2 is 2.18 bits per heavy atom. The molecule has 3 aromatic rings. The summed E-state index contributed by atoms with van der Waals surface area (Å²) in [5, 5.41) is 2.89. The van der Waals surface area contributed by atoms with E-state index in [9.17, 15) is 4.79 Å². The Hall–Kier alpha value is -2.05. The van der Waals surface area contributed by atoms with E-state index < -0.39 is 0 Å². The molecule has 22 heavy (non-hydrogen) atoms. The van der Waals surface area contributed by atoms with Crippen molar-refractivity contribution in [3.63, 3.8) is 0 Å². The Kier molecular flexibility index (Phi) is 4.31. The molecule has 4 nitrogen and oxygen atoms in total. The van der Waals surface area contributed by atoms with Gasteiger partial charge in [-0.15, -0.1) is 11.3 Å². The normalized spacial score (nSPS) is 10.8. The monoisotopic (exact) mass is 329 g/mol. The molecule has 6 heteroatoms. The molecule has 0 unspecified atom stereocenters. The number of nitrogens with zero attached hydrogens (tertiary/aromatic N) is 1. The van der Waals surface area contributed by atoms with E-state index in [0.29, 0.717) is 5.75 Å². The van der Waals surface area contributed by atoms with E-state index in [1.54, 1.807) is 11.3 Å². The van der Waals surface area contributed by atoms with Gasteiger partial charge in [-0.05, 0) is 42.8 Å². The summed E-state index contributed by atoms with van der Waals surface area (Å²) in [5.74, 6) is 0.304. The number of anilines is 2. The van der Waals surface area contributed by atoms with Crippen molar-refractivity contribution in [3.05, 3.63) is 48.0 Å². The predicted octanol–water partition coefficient (Wildman–Crippen LogP) is 3.92. The van der Waals surface area contributed by atoms with Gasteiger partial charge in [0, 0.05) is 11.4 Å². The van der Waals surface area contributed by atoms with Gasteiger partial charge in [0.1, 0.15) is 0 Å². The van der Waals surface area contributed by atoms with Crippen LogP contribution in [-0.4, -0.2) is 16.6 Å². The fraction of sp³-hybridized carbons (Fsp3) is 0.125. The SMILES string of the molecule is Cc1cccc(NC(=O)CSc2nc3ccc(N)cc3s2)c1. The number of nitrogens with one attached hydrogen (secondary N) is 1. The second kappa shape index (κ2) is 6.37. The Labute approximate surface area is 136 Å². The first-order valence-corrected chi connectivity index (χ1v) is 8.56. The molecule has 0 aliphatic carbocycles. The lowest BCUT2D eigenvalue weighted by molar-refractivity contribution is -0.113. The van der Waals surface area contributed by atoms with Gasteiger partial charge in [0.25, 0.3) is 0 Å². The van der Waals surface area contributed by atoms with Crippen molar-refractivity contribution in [2.45, 2.75) is 11.3 Å². The molecule has 1 amide bonds. The van der Waals surface area contributed by atoms with Gasteiger partial charge >= 0.3 is 0 Å². The molecule has 0 aliphatic heterocycles. The number of rotatable bonds is 4. The first-order chi connectivity index (χ1) is 10.6. The lowest BCUT2D eigenvalue weighted by Crippen LogP contribution is -2.13. The number of nitrogens with two attached hydrogens (primary N) is 1. The van der Waals surface area contributed by atoms with Crippen molar-refractivity contribution >= 4 is 50.6 Å². The molecule has 1 heterocycles. The van der Waals surface area contributed by atoms with E-state index in [2.05, 4.69) is 10.3 Å². The fourth-order valence-electron chi connectivity index (χ4n) is 2.03. The summed E-state index contributed by atoms with van der Waals surface area (Å²) >= 11 is 2.99. The summed E-state index contributed by atoms with van der Waals surface area (Å²) in [7, 11) is 0. The molecular formula is C16H15N3OS2. The number of aromatic nitrogens is 1. The molecule has 3 rings (SSSR count). The number of hydrogen-bond donors (Lipinski definition) is 2. The minimum absolute atomic E-state index is 0.0330. The molecule has 2 aromatic carbocycles. The first-order valence-electron chi connectivity index (χ1n) is 6.75. The van der Waals surface area contributed by atoms with Gasteiger partial charge in [-0.1, -0.05) is 23.9 Å². The summed E-state index contributed by atoms with van der Waals surface area (Å²) < 4.78 is 1.92. The average Bonchev–Trinajstić information content (AvgIpc) is 2.87. The van der Waals surface area contributed by atoms with Crippen molar-refractivity contribution in [3.8, 4) is 0 Å². The number of benzene rings is 2. The third kappa shape index (κ3) is 3.58. The van der Waals surface area contributed by atoms with E-state index in [1.165, 1.54) is 11.8 Å². The molecule has 0 bridgehead atoms. The maximum Gasteiger partial charge on any atom is 0.234 e. The number of carbonyl (C=O) groups excluding carboxylic acids is 1. The minimum Gasteiger partial charge on any atom is -0.399 e. The van der Waals surface area contributed by atoms with Gasteiger partial charge in [0.05, 0.1) is 16.0 Å². The smallest absolute Gasteiger partial charge is 0.234 e. The van der Waals surface area contributed by atoms with Crippen LogP contribution in [0.1, 0.15) is 5.56 Å². The molecule has 0 saturated carbocycles. The van der Waals surface area contributed by atoms with Crippen LogP contribution in [0.3, 0.4) is 0 Å². The molecule has 0 spiro atoms. The minimum atomic E-state index is -0.0330. The number of amides is 1.